The molecule has 6 aromatic rings. The van der Waals surface area contributed by atoms with E-state index >= 15 is 0 Å². The van der Waals surface area contributed by atoms with Crippen LogP contribution in [0.15, 0.2) is 59.2 Å². The maximum atomic E-state index is 13.6. The molecule has 3 aromatic carbocycles. The maximum Gasteiger partial charge on any atom is 0.352 e. The topological polar surface area (TPSA) is 107 Å². The number of benzene rings is 3. The molecule has 6 rings (SSSR count). The number of aldehydes is 1. The van der Waals surface area contributed by atoms with Gasteiger partial charge in [0.25, 0.3) is 0 Å². The molecule has 0 unspecified atom stereocenters. The predicted molar refractivity (Wildman–Crippen MR) is 254 cm³/mol. The summed E-state index contributed by atoms with van der Waals surface area (Å²) in [5.74, 6) is -0.118. The second-order valence-electron chi connectivity index (χ2n) is 15.6. The normalized spacial score (nSPS) is 12.4. The third-order valence-corrected chi connectivity index (χ3v) is 12.4. The summed E-state index contributed by atoms with van der Waals surface area (Å²) < 4.78 is 12.0. The van der Waals surface area contributed by atoms with Gasteiger partial charge in [-0.15, -0.1) is 0 Å². The standard InChI is InChI=1S/C47H54Cl2N6O4.C2H6/c1-12-34(50-13-2)24-54-40(47(57)58)23-33-21-32(26(3)4)22-39(45(33)54)52(10)31(9)55-41(25-56)36(15-14-18-59-35-19-27(5)44(49)28(6)20-35)37-16-17-38(48)43(46(37)55)42-29(7)51-53(11)30(42)8;1-2/h12-13,16-17,19-23,25-26,31H,14-15,18,24H2,1-11H3,(H,57,58);1-2H3/b34-12-,50-13?;/t31-;/m1./s1. The molecule has 0 saturated heterocycles. The van der Waals surface area contributed by atoms with Gasteiger partial charge in [-0.1, -0.05) is 63.0 Å². The number of aliphatic imine (C=N–C) groups is 1. The van der Waals surface area contributed by atoms with Crippen molar-refractivity contribution in [3.05, 3.63) is 109 Å². The van der Waals surface area contributed by atoms with Crippen LogP contribution in [-0.2, 0) is 20.0 Å². The molecule has 0 spiro atoms. The zero-order valence-electron chi connectivity index (χ0n) is 37.9. The van der Waals surface area contributed by atoms with Crippen LogP contribution < -0.4 is 9.64 Å². The number of nitrogens with zero attached hydrogens (tertiary/aromatic N) is 6. The SMILES string of the molecule is CC.CC=N/C(=C\C)Cn1c(C(=O)O)cc2cc(C(C)C)cc(N(C)[C@@H](C)n3c(C=O)c(CCCOc4cc(C)c(Cl)c(C)c4)c4ccc(Cl)c(-c5c(C)nn(C)c5C)c43)c21. The summed E-state index contributed by atoms with van der Waals surface area (Å²) in [4.78, 5) is 33.1. The highest BCUT2D eigenvalue weighted by molar-refractivity contribution is 6.35. The van der Waals surface area contributed by atoms with Crippen molar-refractivity contribution in [3.63, 3.8) is 0 Å². The summed E-state index contributed by atoms with van der Waals surface area (Å²) in [6, 6.07) is 13.8. The number of halogens is 2. The number of hydrogen-bond donors (Lipinski definition) is 1. The van der Waals surface area contributed by atoms with E-state index in [0.717, 1.165) is 95.0 Å². The van der Waals surface area contributed by atoms with Crippen molar-refractivity contribution in [3.8, 4) is 16.9 Å². The quantitative estimate of drug-likeness (QED) is 0.0626. The first-order chi connectivity index (χ1) is 29.0. The van der Waals surface area contributed by atoms with Gasteiger partial charge < -0.3 is 23.9 Å². The number of anilines is 1. The number of hydrogen-bond acceptors (Lipinski definition) is 6. The first kappa shape index (κ1) is 46.7. The molecule has 324 valence electrons. The summed E-state index contributed by atoms with van der Waals surface area (Å²) >= 11 is 13.6. The molecule has 0 aliphatic rings. The molecule has 0 radical (unpaired) electrons. The fourth-order valence-electron chi connectivity index (χ4n) is 8.31. The van der Waals surface area contributed by atoms with E-state index in [4.69, 9.17) is 33.0 Å². The molecule has 61 heavy (non-hydrogen) atoms. The van der Waals surface area contributed by atoms with Crippen molar-refractivity contribution in [2.45, 2.75) is 108 Å². The number of fused-ring (bicyclic) bond motifs is 2. The van der Waals surface area contributed by atoms with Crippen molar-refractivity contribution in [1.82, 2.24) is 18.9 Å². The van der Waals surface area contributed by atoms with Crippen molar-refractivity contribution in [2.75, 3.05) is 18.6 Å². The van der Waals surface area contributed by atoms with Gasteiger partial charge in [0.15, 0.2) is 6.29 Å². The van der Waals surface area contributed by atoms with E-state index in [1.165, 1.54) is 0 Å². The van der Waals surface area contributed by atoms with Gasteiger partial charge >= 0.3 is 5.97 Å². The molecular weight excluding hydrogens is 807 g/mol. The number of rotatable bonds is 15. The summed E-state index contributed by atoms with van der Waals surface area (Å²) in [6.07, 6.45) is 5.29. The van der Waals surface area contributed by atoms with E-state index < -0.39 is 12.1 Å². The molecular formula is C49H60Cl2N6O4. The zero-order chi connectivity index (χ0) is 45.0. The highest BCUT2D eigenvalue weighted by Crippen LogP contribution is 2.45. The fourth-order valence-corrected chi connectivity index (χ4v) is 8.67. The highest BCUT2D eigenvalue weighted by atomic mass is 35.5. The number of aryl methyl sites for hydroxylation is 5. The van der Waals surface area contributed by atoms with E-state index in [-0.39, 0.29) is 18.2 Å². The Morgan fingerprint density at radius 3 is 2.21 bits per heavy atom. The van der Waals surface area contributed by atoms with Crippen LogP contribution in [0.25, 0.3) is 32.9 Å². The van der Waals surface area contributed by atoms with Crippen LogP contribution in [0.1, 0.15) is 122 Å². The highest BCUT2D eigenvalue weighted by Gasteiger charge is 2.30. The Balaban J connectivity index is 0.00000347. The second kappa shape index (κ2) is 19.6. The minimum absolute atomic E-state index is 0.156. The lowest BCUT2D eigenvalue weighted by molar-refractivity contribution is 0.0686. The van der Waals surface area contributed by atoms with Gasteiger partial charge in [-0.3, -0.25) is 14.5 Å². The molecule has 10 nitrogen and oxygen atoms in total. The molecule has 0 bridgehead atoms. The lowest BCUT2D eigenvalue weighted by atomic mass is 9.98. The third kappa shape index (κ3) is 9.02. The van der Waals surface area contributed by atoms with Crippen molar-refractivity contribution in [1.29, 1.82) is 0 Å². The summed E-state index contributed by atoms with van der Waals surface area (Å²) in [5.41, 5.74) is 11.2. The van der Waals surface area contributed by atoms with E-state index in [0.29, 0.717) is 30.2 Å². The Morgan fingerprint density at radius 1 is 0.984 bits per heavy atom. The lowest BCUT2D eigenvalue weighted by Gasteiger charge is -2.32. The maximum absolute atomic E-state index is 13.6. The Kier molecular flexibility index (Phi) is 15.0. The van der Waals surface area contributed by atoms with Gasteiger partial charge in [0, 0.05) is 52.9 Å². The van der Waals surface area contributed by atoms with Gasteiger partial charge in [-0.2, -0.15) is 5.10 Å². The summed E-state index contributed by atoms with van der Waals surface area (Å²) in [7, 11) is 3.91. The van der Waals surface area contributed by atoms with Crippen LogP contribution >= 0.6 is 23.2 Å². The molecule has 3 aromatic heterocycles. The minimum atomic E-state index is -1.03. The van der Waals surface area contributed by atoms with Gasteiger partial charge in [0.2, 0.25) is 0 Å². The fraction of sp³-hybridized carbons (Fsp3) is 0.388. The Morgan fingerprint density at radius 2 is 1.66 bits per heavy atom. The largest absolute Gasteiger partial charge is 0.494 e. The Labute approximate surface area is 370 Å². The van der Waals surface area contributed by atoms with Crippen LogP contribution in [-0.4, -0.2) is 56.1 Å². The lowest BCUT2D eigenvalue weighted by Crippen LogP contribution is -2.29. The van der Waals surface area contributed by atoms with Crippen molar-refractivity contribution in [2.24, 2.45) is 12.0 Å². The average molecular weight is 868 g/mol. The van der Waals surface area contributed by atoms with Crippen molar-refractivity contribution >= 4 is 69.2 Å². The average Bonchev–Trinajstić information content (AvgIpc) is 3.85. The number of carbonyl (C=O) groups is 2. The summed E-state index contributed by atoms with van der Waals surface area (Å²) in [6.45, 7) is 22.7. The number of aromatic carboxylic acids is 1. The molecule has 1 atom stereocenters. The number of carboxylic acid groups (broad SMARTS) is 1. The monoisotopic (exact) mass is 866 g/mol. The van der Waals surface area contributed by atoms with E-state index in [9.17, 15) is 14.7 Å². The van der Waals surface area contributed by atoms with E-state index in [1.54, 1.807) is 12.3 Å². The minimum Gasteiger partial charge on any atom is -0.494 e. The number of aromatic nitrogens is 4. The summed E-state index contributed by atoms with van der Waals surface area (Å²) in [5, 5.41) is 18.3. The molecule has 0 aliphatic heterocycles. The number of allylic oxidation sites excluding steroid dienone is 2. The predicted octanol–water partition coefficient (Wildman–Crippen LogP) is 12.9. The number of carbonyl (C=O) groups excluding carboxylic acids is 1. The van der Waals surface area contributed by atoms with Crippen LogP contribution in [0.4, 0.5) is 5.69 Å². The van der Waals surface area contributed by atoms with Gasteiger partial charge in [-0.05, 0) is 126 Å². The zero-order valence-corrected chi connectivity index (χ0v) is 39.4. The molecule has 12 heteroatoms. The van der Waals surface area contributed by atoms with Gasteiger partial charge in [0.1, 0.15) is 17.6 Å². The number of ether oxygens (including phenoxy) is 1. The second-order valence-corrected chi connectivity index (χ2v) is 16.4. The number of carboxylic acids is 1. The first-order valence-electron chi connectivity index (χ1n) is 21.0. The molecule has 0 aliphatic carbocycles. The molecule has 1 N–H and O–H groups in total. The van der Waals surface area contributed by atoms with Gasteiger partial charge in [-0.25, -0.2) is 4.79 Å². The smallest absolute Gasteiger partial charge is 0.352 e. The third-order valence-electron chi connectivity index (χ3n) is 11.5. The van der Waals surface area contributed by atoms with Crippen LogP contribution in [0.2, 0.25) is 10.0 Å². The molecule has 0 saturated carbocycles. The molecule has 0 fully saturated rings. The molecule has 3 heterocycles. The van der Waals surface area contributed by atoms with Crippen LogP contribution in [0, 0.1) is 27.7 Å². The molecule has 0 amide bonds. The first-order valence-corrected chi connectivity index (χ1v) is 21.8. The van der Waals surface area contributed by atoms with Crippen molar-refractivity contribution < 1.29 is 19.4 Å². The Hall–Kier alpha value is -5.32. The van der Waals surface area contributed by atoms with Crippen LogP contribution in [0.3, 0.4) is 0 Å². The Bertz CT molecular complexity index is 2640. The van der Waals surface area contributed by atoms with E-state index in [2.05, 4.69) is 47.4 Å². The van der Waals surface area contributed by atoms with Gasteiger partial charge in [0.05, 0.1) is 52.0 Å². The van der Waals surface area contributed by atoms with E-state index in [1.807, 2.05) is 109 Å². The van der Waals surface area contributed by atoms with Crippen LogP contribution in [0.5, 0.6) is 5.75 Å².